The molecule has 1 aromatic carbocycles. The van der Waals surface area contributed by atoms with Crippen LogP contribution in [0.5, 0.6) is 0 Å². The molecule has 2 aromatic rings. The van der Waals surface area contributed by atoms with E-state index >= 15 is 0 Å². The van der Waals surface area contributed by atoms with Gasteiger partial charge in [0.05, 0.1) is 12.3 Å². The molecule has 0 spiro atoms. The van der Waals surface area contributed by atoms with Crippen LogP contribution in [0.4, 0.5) is 5.69 Å². The van der Waals surface area contributed by atoms with Crippen molar-refractivity contribution < 1.29 is 13.5 Å². The van der Waals surface area contributed by atoms with Crippen molar-refractivity contribution in [3.63, 3.8) is 0 Å². The van der Waals surface area contributed by atoms with E-state index in [2.05, 4.69) is 9.71 Å². The first-order valence-electron chi connectivity index (χ1n) is 5.67. The number of aliphatic hydroxyl groups is 1. The van der Waals surface area contributed by atoms with Gasteiger partial charge in [-0.25, -0.2) is 4.98 Å². The molecule has 100 valence electrons. The Morgan fingerprint density at radius 2 is 1.95 bits per heavy atom. The molecule has 2 N–H and O–H groups in total. The number of nitrogens with one attached hydrogen (secondary N) is 1. The first kappa shape index (κ1) is 13.5. The standard InChI is InChI=1S/C13H14N2O3S/c1-10-4-2-3-5-12(10)15-19(17,18)13-7-6-11(9-16)8-14-13/h2-8,15-16H,9H2,1H3. The van der Waals surface area contributed by atoms with Crippen LogP contribution in [0.1, 0.15) is 11.1 Å². The molecule has 0 fully saturated rings. The highest BCUT2D eigenvalue weighted by molar-refractivity contribution is 7.92. The molecule has 2 rings (SSSR count). The highest BCUT2D eigenvalue weighted by Gasteiger charge is 2.16. The van der Waals surface area contributed by atoms with Crippen LogP contribution in [-0.2, 0) is 16.6 Å². The SMILES string of the molecule is Cc1ccccc1NS(=O)(=O)c1ccc(CO)cn1. The summed E-state index contributed by atoms with van der Waals surface area (Å²) in [7, 11) is -3.70. The minimum absolute atomic E-state index is 0.0760. The van der Waals surface area contributed by atoms with E-state index in [1.807, 2.05) is 19.1 Å². The average molecular weight is 278 g/mol. The van der Waals surface area contributed by atoms with Gasteiger partial charge in [-0.05, 0) is 30.2 Å². The van der Waals surface area contributed by atoms with Gasteiger partial charge in [0.15, 0.2) is 5.03 Å². The van der Waals surface area contributed by atoms with Gasteiger partial charge >= 0.3 is 0 Å². The van der Waals surface area contributed by atoms with Crippen molar-refractivity contribution in [1.29, 1.82) is 0 Å². The predicted octanol–water partition coefficient (Wildman–Crippen LogP) is 1.68. The molecule has 0 aliphatic carbocycles. The van der Waals surface area contributed by atoms with Gasteiger partial charge in [0.2, 0.25) is 0 Å². The van der Waals surface area contributed by atoms with Crippen molar-refractivity contribution in [2.24, 2.45) is 0 Å². The number of hydrogen-bond donors (Lipinski definition) is 2. The molecule has 0 bridgehead atoms. The van der Waals surface area contributed by atoms with Crippen LogP contribution in [-0.4, -0.2) is 18.5 Å². The van der Waals surface area contributed by atoms with Crippen molar-refractivity contribution in [2.45, 2.75) is 18.6 Å². The molecule has 0 amide bonds. The molecular weight excluding hydrogens is 264 g/mol. The number of anilines is 1. The molecule has 0 saturated heterocycles. The summed E-state index contributed by atoms with van der Waals surface area (Å²) in [6, 6.07) is 10.00. The van der Waals surface area contributed by atoms with Gasteiger partial charge in [-0.3, -0.25) is 4.72 Å². The molecule has 6 heteroatoms. The molecule has 5 nitrogen and oxygen atoms in total. The summed E-state index contributed by atoms with van der Waals surface area (Å²) in [5.74, 6) is 0. The zero-order chi connectivity index (χ0) is 13.9. The number of aromatic nitrogens is 1. The zero-order valence-electron chi connectivity index (χ0n) is 10.4. The number of aliphatic hydroxyl groups excluding tert-OH is 1. The van der Waals surface area contributed by atoms with E-state index in [0.717, 1.165) is 5.56 Å². The highest BCUT2D eigenvalue weighted by atomic mass is 32.2. The summed E-state index contributed by atoms with van der Waals surface area (Å²) in [5.41, 5.74) is 1.92. The third-order valence-electron chi connectivity index (χ3n) is 2.64. The molecule has 0 atom stereocenters. The Morgan fingerprint density at radius 3 is 2.53 bits per heavy atom. The number of benzene rings is 1. The lowest BCUT2D eigenvalue weighted by Gasteiger charge is -2.09. The Balaban J connectivity index is 2.30. The number of pyridine rings is 1. The van der Waals surface area contributed by atoms with Crippen molar-refractivity contribution in [3.8, 4) is 0 Å². The second-order valence-corrected chi connectivity index (χ2v) is 5.71. The van der Waals surface area contributed by atoms with E-state index in [1.54, 1.807) is 12.1 Å². The molecule has 19 heavy (non-hydrogen) atoms. The van der Waals surface area contributed by atoms with Gasteiger partial charge in [-0.2, -0.15) is 8.42 Å². The Hall–Kier alpha value is -1.92. The van der Waals surface area contributed by atoms with Crippen LogP contribution in [0.2, 0.25) is 0 Å². The lowest BCUT2D eigenvalue weighted by molar-refractivity contribution is 0.281. The van der Waals surface area contributed by atoms with E-state index in [9.17, 15) is 8.42 Å². The third-order valence-corrected chi connectivity index (χ3v) is 3.93. The summed E-state index contributed by atoms with van der Waals surface area (Å²) in [6.45, 7) is 1.65. The molecule has 0 aliphatic heterocycles. The van der Waals surface area contributed by atoms with Crippen molar-refractivity contribution in [3.05, 3.63) is 53.7 Å². The monoisotopic (exact) mass is 278 g/mol. The summed E-state index contributed by atoms with van der Waals surface area (Å²) < 4.78 is 26.7. The van der Waals surface area contributed by atoms with E-state index in [1.165, 1.54) is 18.3 Å². The molecule has 1 heterocycles. The maximum atomic E-state index is 12.1. The zero-order valence-corrected chi connectivity index (χ0v) is 11.2. The van der Waals surface area contributed by atoms with Crippen molar-refractivity contribution in [1.82, 2.24) is 4.98 Å². The minimum atomic E-state index is -3.70. The van der Waals surface area contributed by atoms with Crippen LogP contribution >= 0.6 is 0 Å². The summed E-state index contributed by atoms with van der Waals surface area (Å²) in [5, 5.41) is 8.82. The Kier molecular flexibility index (Phi) is 3.82. The van der Waals surface area contributed by atoms with E-state index < -0.39 is 10.0 Å². The van der Waals surface area contributed by atoms with Crippen LogP contribution in [0, 0.1) is 6.92 Å². The normalized spacial score (nSPS) is 11.3. The van der Waals surface area contributed by atoms with E-state index in [-0.39, 0.29) is 11.6 Å². The highest BCUT2D eigenvalue weighted by Crippen LogP contribution is 2.18. The van der Waals surface area contributed by atoms with Gasteiger partial charge in [0.25, 0.3) is 10.0 Å². The smallest absolute Gasteiger partial charge is 0.279 e. The summed E-state index contributed by atoms with van der Waals surface area (Å²) in [6.07, 6.45) is 1.34. The number of rotatable bonds is 4. The van der Waals surface area contributed by atoms with E-state index in [0.29, 0.717) is 11.3 Å². The number of sulfonamides is 1. The van der Waals surface area contributed by atoms with Crippen molar-refractivity contribution >= 4 is 15.7 Å². The second kappa shape index (κ2) is 5.38. The van der Waals surface area contributed by atoms with Crippen LogP contribution in [0.25, 0.3) is 0 Å². The second-order valence-electron chi connectivity index (χ2n) is 4.08. The molecule has 0 saturated carbocycles. The lowest BCUT2D eigenvalue weighted by atomic mass is 10.2. The lowest BCUT2D eigenvalue weighted by Crippen LogP contribution is -2.15. The summed E-state index contributed by atoms with van der Waals surface area (Å²) in [4.78, 5) is 3.84. The fourth-order valence-corrected chi connectivity index (χ4v) is 2.61. The fourth-order valence-electron chi connectivity index (χ4n) is 1.55. The number of aryl methyl sites for hydroxylation is 1. The number of para-hydroxylation sites is 1. The quantitative estimate of drug-likeness (QED) is 0.892. The molecule has 0 unspecified atom stereocenters. The largest absolute Gasteiger partial charge is 0.392 e. The van der Waals surface area contributed by atoms with Gasteiger partial charge < -0.3 is 5.11 Å². The Labute approximate surface area is 112 Å². The van der Waals surface area contributed by atoms with Gasteiger partial charge in [-0.15, -0.1) is 0 Å². The Bertz CT molecular complexity index is 667. The third kappa shape index (κ3) is 3.10. The topological polar surface area (TPSA) is 79.3 Å². The van der Waals surface area contributed by atoms with Crippen LogP contribution < -0.4 is 4.72 Å². The average Bonchev–Trinajstić information content (AvgIpc) is 2.41. The van der Waals surface area contributed by atoms with Crippen LogP contribution in [0.3, 0.4) is 0 Å². The van der Waals surface area contributed by atoms with Crippen molar-refractivity contribution in [2.75, 3.05) is 4.72 Å². The predicted molar refractivity (Wildman–Crippen MR) is 72.1 cm³/mol. The molecule has 1 aromatic heterocycles. The first-order chi connectivity index (χ1) is 9.03. The maximum Gasteiger partial charge on any atom is 0.279 e. The number of hydrogen-bond acceptors (Lipinski definition) is 4. The maximum absolute atomic E-state index is 12.1. The minimum Gasteiger partial charge on any atom is -0.392 e. The Morgan fingerprint density at radius 1 is 1.21 bits per heavy atom. The fraction of sp³-hybridized carbons (Fsp3) is 0.154. The van der Waals surface area contributed by atoms with Gasteiger partial charge in [0.1, 0.15) is 0 Å². The van der Waals surface area contributed by atoms with Gasteiger partial charge in [0, 0.05) is 6.20 Å². The first-order valence-corrected chi connectivity index (χ1v) is 7.15. The van der Waals surface area contributed by atoms with Gasteiger partial charge in [-0.1, -0.05) is 24.3 Å². The van der Waals surface area contributed by atoms with Crippen LogP contribution in [0.15, 0.2) is 47.6 Å². The molecule has 0 radical (unpaired) electrons. The number of nitrogens with zero attached hydrogens (tertiary/aromatic N) is 1. The molecular formula is C13H14N2O3S. The summed E-state index contributed by atoms with van der Waals surface area (Å²) >= 11 is 0. The molecule has 0 aliphatic rings. The van der Waals surface area contributed by atoms with E-state index in [4.69, 9.17) is 5.11 Å².